The third kappa shape index (κ3) is 3.59. The molecule has 4 heteroatoms. The summed E-state index contributed by atoms with van der Waals surface area (Å²) in [7, 11) is 0. The molecule has 0 fully saturated rings. The zero-order valence-corrected chi connectivity index (χ0v) is 8.90. The number of benzene rings is 1. The second-order valence-electron chi connectivity index (χ2n) is 3.36. The molecule has 0 radical (unpaired) electrons. The molecular weight excluding hydrogens is 190 g/mol. The summed E-state index contributed by atoms with van der Waals surface area (Å²) in [5, 5.41) is 14.8. The Morgan fingerprint density at radius 1 is 1.53 bits per heavy atom. The smallest absolute Gasteiger partial charge is 0.170 e. The maximum Gasteiger partial charge on any atom is 0.170 e. The molecule has 4 nitrogen and oxygen atoms in total. The Morgan fingerprint density at radius 3 is 3.00 bits per heavy atom. The highest BCUT2D eigenvalue weighted by Gasteiger charge is 1.99. The van der Waals surface area contributed by atoms with E-state index in [4.69, 9.17) is 10.9 Å². The summed E-state index contributed by atoms with van der Waals surface area (Å²) in [5.41, 5.74) is 7.37. The highest BCUT2D eigenvalue weighted by atomic mass is 16.4. The van der Waals surface area contributed by atoms with Gasteiger partial charge in [0.1, 0.15) is 0 Å². The predicted octanol–water partition coefficient (Wildman–Crippen LogP) is 1.28. The molecule has 82 valence electrons. The minimum Gasteiger partial charge on any atom is -0.409 e. The van der Waals surface area contributed by atoms with Crippen LogP contribution in [0.1, 0.15) is 24.5 Å². The summed E-state index contributed by atoms with van der Waals surface area (Å²) < 4.78 is 0. The number of hydrogen-bond donors (Lipinski definition) is 3. The lowest BCUT2D eigenvalue weighted by Crippen LogP contribution is -2.16. The summed E-state index contributed by atoms with van der Waals surface area (Å²) in [6.45, 7) is 3.92. The number of oxime groups is 1. The van der Waals surface area contributed by atoms with Crippen molar-refractivity contribution in [2.45, 2.75) is 19.9 Å². The van der Waals surface area contributed by atoms with Gasteiger partial charge in [0.15, 0.2) is 5.84 Å². The molecule has 0 heterocycles. The number of rotatable bonds is 5. The van der Waals surface area contributed by atoms with Crippen molar-refractivity contribution in [2.24, 2.45) is 10.9 Å². The quantitative estimate of drug-likeness (QED) is 0.224. The van der Waals surface area contributed by atoms with E-state index in [1.807, 2.05) is 24.3 Å². The van der Waals surface area contributed by atoms with E-state index in [2.05, 4.69) is 17.4 Å². The van der Waals surface area contributed by atoms with Crippen molar-refractivity contribution in [3.63, 3.8) is 0 Å². The molecule has 0 atom stereocenters. The van der Waals surface area contributed by atoms with Crippen molar-refractivity contribution in [1.82, 2.24) is 5.32 Å². The SMILES string of the molecule is CCCNCc1cccc(C(N)=NO)c1. The lowest BCUT2D eigenvalue weighted by Gasteiger charge is -2.05. The Morgan fingerprint density at radius 2 is 2.33 bits per heavy atom. The maximum absolute atomic E-state index is 8.54. The van der Waals surface area contributed by atoms with E-state index < -0.39 is 0 Å². The Labute approximate surface area is 89.8 Å². The van der Waals surface area contributed by atoms with Gasteiger partial charge < -0.3 is 16.3 Å². The van der Waals surface area contributed by atoms with Crippen LogP contribution in [0.4, 0.5) is 0 Å². The van der Waals surface area contributed by atoms with Gasteiger partial charge in [-0.1, -0.05) is 30.3 Å². The highest BCUT2D eigenvalue weighted by molar-refractivity contribution is 5.97. The second kappa shape index (κ2) is 6.03. The summed E-state index contributed by atoms with van der Waals surface area (Å²) in [6.07, 6.45) is 1.11. The molecule has 4 N–H and O–H groups in total. The van der Waals surface area contributed by atoms with Crippen LogP contribution in [0.5, 0.6) is 0 Å². The molecule has 0 spiro atoms. The van der Waals surface area contributed by atoms with Crippen molar-refractivity contribution >= 4 is 5.84 Å². The van der Waals surface area contributed by atoms with Crippen LogP contribution in [0.3, 0.4) is 0 Å². The van der Waals surface area contributed by atoms with Gasteiger partial charge in [-0.2, -0.15) is 0 Å². The molecule has 0 aliphatic carbocycles. The Kier molecular flexibility index (Phi) is 4.63. The first-order valence-corrected chi connectivity index (χ1v) is 5.05. The van der Waals surface area contributed by atoms with E-state index in [9.17, 15) is 0 Å². The van der Waals surface area contributed by atoms with Crippen molar-refractivity contribution in [1.29, 1.82) is 0 Å². The highest BCUT2D eigenvalue weighted by Crippen LogP contribution is 2.04. The molecule has 0 saturated carbocycles. The third-order valence-electron chi connectivity index (χ3n) is 2.09. The molecule has 15 heavy (non-hydrogen) atoms. The van der Waals surface area contributed by atoms with Crippen molar-refractivity contribution in [2.75, 3.05) is 6.54 Å². The second-order valence-corrected chi connectivity index (χ2v) is 3.36. The van der Waals surface area contributed by atoms with E-state index in [0.29, 0.717) is 0 Å². The van der Waals surface area contributed by atoms with E-state index in [1.165, 1.54) is 0 Å². The summed E-state index contributed by atoms with van der Waals surface area (Å²) in [4.78, 5) is 0. The molecular formula is C11H17N3O. The molecule has 0 bridgehead atoms. The minimum atomic E-state index is 0.146. The molecule has 1 aromatic carbocycles. The Bertz CT molecular complexity index is 336. The van der Waals surface area contributed by atoms with Gasteiger partial charge in [0.05, 0.1) is 0 Å². The fourth-order valence-corrected chi connectivity index (χ4v) is 1.31. The normalized spacial score (nSPS) is 11.7. The van der Waals surface area contributed by atoms with Crippen LogP contribution in [0.15, 0.2) is 29.4 Å². The molecule has 0 aromatic heterocycles. The zero-order chi connectivity index (χ0) is 11.1. The third-order valence-corrected chi connectivity index (χ3v) is 2.09. The van der Waals surface area contributed by atoms with Crippen LogP contribution in [0.2, 0.25) is 0 Å². The van der Waals surface area contributed by atoms with Crippen molar-refractivity contribution < 1.29 is 5.21 Å². The van der Waals surface area contributed by atoms with Gasteiger partial charge in [-0.3, -0.25) is 0 Å². The predicted molar refractivity (Wildman–Crippen MR) is 61.0 cm³/mol. The van der Waals surface area contributed by atoms with E-state index in [-0.39, 0.29) is 5.84 Å². The number of nitrogens with zero attached hydrogens (tertiary/aromatic N) is 1. The average molecular weight is 207 g/mol. The van der Waals surface area contributed by atoms with E-state index in [1.54, 1.807) is 0 Å². The average Bonchev–Trinajstić information content (AvgIpc) is 2.29. The van der Waals surface area contributed by atoms with Gasteiger partial charge in [-0.15, -0.1) is 0 Å². The fourth-order valence-electron chi connectivity index (χ4n) is 1.31. The Balaban J connectivity index is 2.66. The van der Waals surface area contributed by atoms with Gasteiger partial charge in [0.25, 0.3) is 0 Å². The van der Waals surface area contributed by atoms with Crippen LogP contribution in [-0.4, -0.2) is 17.6 Å². The van der Waals surface area contributed by atoms with E-state index in [0.717, 1.165) is 30.6 Å². The number of amidine groups is 1. The molecule has 0 amide bonds. The molecule has 0 aliphatic rings. The maximum atomic E-state index is 8.54. The first-order valence-electron chi connectivity index (χ1n) is 5.05. The van der Waals surface area contributed by atoms with Crippen molar-refractivity contribution in [3.05, 3.63) is 35.4 Å². The summed E-state index contributed by atoms with van der Waals surface area (Å²) in [6, 6.07) is 7.64. The topological polar surface area (TPSA) is 70.6 Å². The number of nitrogens with one attached hydrogen (secondary N) is 1. The van der Waals surface area contributed by atoms with Crippen LogP contribution < -0.4 is 11.1 Å². The largest absolute Gasteiger partial charge is 0.409 e. The van der Waals surface area contributed by atoms with Gasteiger partial charge in [-0.25, -0.2) is 0 Å². The first-order chi connectivity index (χ1) is 7.27. The van der Waals surface area contributed by atoms with Crippen molar-refractivity contribution in [3.8, 4) is 0 Å². The number of hydrogen-bond acceptors (Lipinski definition) is 3. The lowest BCUT2D eigenvalue weighted by atomic mass is 10.1. The van der Waals surface area contributed by atoms with Crippen LogP contribution >= 0.6 is 0 Å². The monoisotopic (exact) mass is 207 g/mol. The van der Waals surface area contributed by atoms with E-state index >= 15 is 0 Å². The van der Waals surface area contributed by atoms with Crippen LogP contribution in [0, 0.1) is 0 Å². The lowest BCUT2D eigenvalue weighted by molar-refractivity contribution is 0.318. The molecule has 1 aromatic rings. The molecule has 0 aliphatic heterocycles. The van der Waals surface area contributed by atoms with Crippen LogP contribution in [-0.2, 0) is 6.54 Å². The molecule has 0 saturated heterocycles. The van der Waals surface area contributed by atoms with Crippen LogP contribution in [0.25, 0.3) is 0 Å². The van der Waals surface area contributed by atoms with Gasteiger partial charge in [0, 0.05) is 12.1 Å². The first kappa shape index (κ1) is 11.5. The van der Waals surface area contributed by atoms with Gasteiger partial charge in [-0.05, 0) is 24.6 Å². The molecule has 0 unspecified atom stereocenters. The minimum absolute atomic E-state index is 0.146. The van der Waals surface area contributed by atoms with Gasteiger partial charge >= 0.3 is 0 Å². The fraction of sp³-hybridized carbons (Fsp3) is 0.364. The Hall–Kier alpha value is -1.55. The molecule has 1 rings (SSSR count). The standard InChI is InChI=1S/C11H17N3O/c1-2-6-13-8-9-4-3-5-10(7-9)11(12)14-15/h3-5,7,13,15H,2,6,8H2,1H3,(H2,12,14). The van der Waals surface area contributed by atoms with Gasteiger partial charge in [0.2, 0.25) is 0 Å². The summed E-state index contributed by atoms with van der Waals surface area (Å²) in [5.74, 6) is 0.146. The zero-order valence-electron chi connectivity index (χ0n) is 8.90. The number of nitrogens with two attached hydrogens (primary N) is 1. The summed E-state index contributed by atoms with van der Waals surface area (Å²) >= 11 is 0.